The van der Waals surface area contributed by atoms with Crippen molar-refractivity contribution in [1.82, 2.24) is 31.2 Å². The number of anilines is 1. The summed E-state index contributed by atoms with van der Waals surface area (Å²) in [7, 11) is 0. The van der Waals surface area contributed by atoms with Crippen molar-refractivity contribution in [3.05, 3.63) is 95.3 Å². The van der Waals surface area contributed by atoms with Crippen LogP contribution in [0.3, 0.4) is 0 Å². The number of hydrogen-bond acceptors (Lipinski definition) is 6. The number of pyridine rings is 1. The SMILES string of the molecule is CC(C)(C)CNC(=O)CC[C@H](NC(=O)N1CCC(C(=O)Nc2cccnc2)CC1)C(=O)N[C@@H](CCc1ccccc1)C(=O)NCc1ccccc1Cl. The van der Waals surface area contributed by atoms with E-state index in [1.54, 1.807) is 41.6 Å². The van der Waals surface area contributed by atoms with Gasteiger partial charge in [-0.05, 0) is 66.8 Å². The number of hydrogen-bond donors (Lipinski definition) is 5. The van der Waals surface area contributed by atoms with Gasteiger partial charge >= 0.3 is 6.03 Å². The second kappa shape index (κ2) is 19.6. The minimum Gasteiger partial charge on any atom is -0.356 e. The minimum absolute atomic E-state index is 0.0155. The van der Waals surface area contributed by atoms with E-state index in [0.29, 0.717) is 56.0 Å². The molecule has 2 heterocycles. The highest BCUT2D eigenvalue weighted by Crippen LogP contribution is 2.20. The summed E-state index contributed by atoms with van der Waals surface area (Å²) in [5, 5.41) is 14.8. The van der Waals surface area contributed by atoms with Crippen molar-refractivity contribution in [3.63, 3.8) is 0 Å². The summed E-state index contributed by atoms with van der Waals surface area (Å²) in [4.78, 5) is 72.2. The molecule has 2 atom stereocenters. The van der Waals surface area contributed by atoms with E-state index in [2.05, 4.69) is 31.6 Å². The standard InChI is InChI=1S/C39H50ClN7O5/c1-39(2,3)26-43-34(48)18-17-33(46-38(52)47-22-19-28(20-23-47)35(49)44-30-13-9-21-41-25-30)37(51)45-32(16-15-27-10-5-4-6-11-27)36(50)42-24-29-12-7-8-14-31(29)40/h4-14,21,25,28,32-33H,15-20,22-24,26H2,1-3H3,(H,42,50)(H,43,48)(H,44,49)(H,45,51)(H,46,52)/t32-,33-/m0/s1. The number of piperidine rings is 1. The molecule has 13 heteroatoms. The molecule has 1 aliphatic rings. The van der Waals surface area contributed by atoms with E-state index < -0.39 is 29.9 Å². The molecule has 0 spiro atoms. The Morgan fingerprint density at radius 1 is 0.846 bits per heavy atom. The van der Waals surface area contributed by atoms with Crippen LogP contribution in [-0.4, -0.2) is 71.3 Å². The second-order valence-corrected chi connectivity index (χ2v) is 14.7. The first-order chi connectivity index (χ1) is 24.9. The van der Waals surface area contributed by atoms with Gasteiger partial charge in [0.25, 0.3) is 0 Å². The van der Waals surface area contributed by atoms with Crippen molar-refractivity contribution in [1.29, 1.82) is 0 Å². The Bertz CT molecular complexity index is 1640. The normalized spacial score (nSPS) is 14.4. The maximum absolute atomic E-state index is 13.9. The molecule has 1 saturated heterocycles. The molecule has 52 heavy (non-hydrogen) atoms. The van der Waals surface area contributed by atoms with E-state index in [0.717, 1.165) is 11.1 Å². The molecule has 12 nitrogen and oxygen atoms in total. The second-order valence-electron chi connectivity index (χ2n) is 14.3. The van der Waals surface area contributed by atoms with Gasteiger partial charge in [0.2, 0.25) is 23.6 Å². The van der Waals surface area contributed by atoms with E-state index >= 15 is 0 Å². The van der Waals surface area contributed by atoms with Crippen LogP contribution in [0.5, 0.6) is 0 Å². The molecule has 0 radical (unpaired) electrons. The van der Waals surface area contributed by atoms with Gasteiger partial charge in [-0.2, -0.15) is 0 Å². The molecule has 278 valence electrons. The number of nitrogens with zero attached hydrogens (tertiary/aromatic N) is 2. The molecule has 2 aromatic carbocycles. The molecule has 1 aromatic heterocycles. The van der Waals surface area contributed by atoms with E-state index in [9.17, 15) is 24.0 Å². The van der Waals surface area contributed by atoms with Crippen LogP contribution in [0.25, 0.3) is 0 Å². The van der Waals surface area contributed by atoms with Crippen LogP contribution in [0.2, 0.25) is 5.02 Å². The van der Waals surface area contributed by atoms with Gasteiger partial charge in [0.1, 0.15) is 12.1 Å². The number of rotatable bonds is 15. The van der Waals surface area contributed by atoms with Crippen LogP contribution in [0.4, 0.5) is 10.5 Å². The van der Waals surface area contributed by atoms with Crippen LogP contribution in [0.1, 0.15) is 64.0 Å². The topological polar surface area (TPSA) is 162 Å². The quantitative estimate of drug-likeness (QED) is 0.150. The first-order valence-corrected chi connectivity index (χ1v) is 18.1. The maximum Gasteiger partial charge on any atom is 0.318 e. The van der Waals surface area contributed by atoms with Gasteiger partial charge in [-0.25, -0.2) is 4.79 Å². The molecule has 0 aliphatic carbocycles. The Morgan fingerprint density at radius 2 is 1.54 bits per heavy atom. The van der Waals surface area contributed by atoms with Crippen molar-refractivity contribution in [2.45, 2.75) is 77.9 Å². The molecule has 6 amide bonds. The Kier molecular flexibility index (Phi) is 15.0. The maximum atomic E-state index is 13.9. The van der Waals surface area contributed by atoms with Gasteiger partial charge in [0.05, 0.1) is 11.9 Å². The van der Waals surface area contributed by atoms with E-state index in [-0.39, 0.29) is 42.5 Å². The van der Waals surface area contributed by atoms with Crippen molar-refractivity contribution < 1.29 is 24.0 Å². The molecule has 5 N–H and O–H groups in total. The predicted molar refractivity (Wildman–Crippen MR) is 201 cm³/mol. The van der Waals surface area contributed by atoms with Crippen molar-refractivity contribution in [2.24, 2.45) is 11.3 Å². The summed E-state index contributed by atoms with van der Waals surface area (Å²) in [6, 6.07) is 17.8. The number of aromatic nitrogens is 1. The lowest BCUT2D eigenvalue weighted by Gasteiger charge is -2.32. The molecule has 1 aliphatic heterocycles. The number of nitrogens with one attached hydrogen (secondary N) is 5. The van der Waals surface area contributed by atoms with Crippen molar-refractivity contribution in [2.75, 3.05) is 25.0 Å². The number of amides is 6. The summed E-state index contributed by atoms with van der Waals surface area (Å²) < 4.78 is 0. The monoisotopic (exact) mass is 731 g/mol. The summed E-state index contributed by atoms with van der Waals surface area (Å²) in [5.74, 6) is -1.65. The Hall–Kier alpha value is -4.97. The highest BCUT2D eigenvalue weighted by Gasteiger charge is 2.32. The minimum atomic E-state index is -1.10. The third kappa shape index (κ3) is 13.3. The van der Waals surface area contributed by atoms with Crippen LogP contribution in [0, 0.1) is 11.3 Å². The third-order valence-corrected chi connectivity index (χ3v) is 9.15. The average molecular weight is 732 g/mol. The Balaban J connectivity index is 1.43. The zero-order valence-corrected chi connectivity index (χ0v) is 30.9. The van der Waals surface area contributed by atoms with Crippen LogP contribution in [0.15, 0.2) is 79.1 Å². The Labute approximate surface area is 310 Å². The zero-order chi connectivity index (χ0) is 37.5. The molecule has 0 saturated carbocycles. The number of urea groups is 1. The number of carbonyl (C=O) groups is 5. The molecular weight excluding hydrogens is 682 g/mol. The van der Waals surface area contributed by atoms with Gasteiger partial charge in [-0.3, -0.25) is 24.2 Å². The lowest BCUT2D eigenvalue weighted by Crippen LogP contribution is -2.56. The van der Waals surface area contributed by atoms with E-state index in [4.69, 9.17) is 11.6 Å². The summed E-state index contributed by atoms with van der Waals surface area (Å²) in [6.45, 7) is 7.24. The zero-order valence-electron chi connectivity index (χ0n) is 30.1. The van der Waals surface area contributed by atoms with Gasteiger partial charge < -0.3 is 31.5 Å². The number of carbonyl (C=O) groups excluding carboxylic acids is 5. The molecule has 0 bridgehead atoms. The highest BCUT2D eigenvalue weighted by atomic mass is 35.5. The Morgan fingerprint density at radius 3 is 2.21 bits per heavy atom. The largest absolute Gasteiger partial charge is 0.356 e. The summed E-state index contributed by atoms with van der Waals surface area (Å²) in [5.41, 5.74) is 2.20. The van der Waals surface area contributed by atoms with Crippen LogP contribution in [-0.2, 0) is 32.1 Å². The molecule has 3 aromatic rings. The van der Waals surface area contributed by atoms with Crippen LogP contribution >= 0.6 is 11.6 Å². The lowest BCUT2D eigenvalue weighted by atomic mass is 9.96. The first kappa shape index (κ1) is 39.8. The number of aryl methyl sites for hydroxylation is 1. The molecule has 1 fully saturated rings. The first-order valence-electron chi connectivity index (χ1n) is 17.8. The van der Waals surface area contributed by atoms with E-state index in [1.807, 2.05) is 63.2 Å². The van der Waals surface area contributed by atoms with Gasteiger partial charge in [0.15, 0.2) is 0 Å². The average Bonchev–Trinajstić information content (AvgIpc) is 3.14. The van der Waals surface area contributed by atoms with Gasteiger partial charge in [0, 0.05) is 49.7 Å². The van der Waals surface area contributed by atoms with E-state index in [1.165, 1.54) is 0 Å². The molecule has 4 rings (SSSR count). The van der Waals surface area contributed by atoms with Gasteiger partial charge in [-0.15, -0.1) is 0 Å². The fourth-order valence-corrected chi connectivity index (χ4v) is 5.91. The lowest BCUT2D eigenvalue weighted by molar-refractivity contribution is -0.130. The van der Waals surface area contributed by atoms with Gasteiger partial charge in [-0.1, -0.05) is 80.9 Å². The summed E-state index contributed by atoms with van der Waals surface area (Å²) >= 11 is 6.31. The number of benzene rings is 2. The smallest absolute Gasteiger partial charge is 0.318 e. The summed E-state index contributed by atoms with van der Waals surface area (Å²) in [6.07, 6.45) is 4.90. The highest BCUT2D eigenvalue weighted by molar-refractivity contribution is 6.31. The molecular formula is C39H50ClN7O5. The number of likely N-dealkylation sites (tertiary alicyclic amines) is 1. The fourth-order valence-electron chi connectivity index (χ4n) is 5.71. The van der Waals surface area contributed by atoms with Crippen LogP contribution < -0.4 is 26.6 Å². The molecule has 0 unspecified atom stereocenters. The van der Waals surface area contributed by atoms with Crippen molar-refractivity contribution in [3.8, 4) is 0 Å². The van der Waals surface area contributed by atoms with Crippen molar-refractivity contribution >= 4 is 46.9 Å². The third-order valence-electron chi connectivity index (χ3n) is 8.78. The number of halogens is 1. The fraction of sp³-hybridized carbons (Fsp3) is 0.436. The predicted octanol–water partition coefficient (Wildman–Crippen LogP) is 4.84.